The van der Waals surface area contributed by atoms with Gasteiger partial charge in [0.15, 0.2) is 11.5 Å². The van der Waals surface area contributed by atoms with Crippen molar-refractivity contribution in [3.63, 3.8) is 0 Å². The van der Waals surface area contributed by atoms with Crippen molar-refractivity contribution in [2.75, 3.05) is 32.0 Å². The summed E-state index contributed by atoms with van der Waals surface area (Å²) in [5.41, 5.74) is 2.25. The quantitative estimate of drug-likeness (QED) is 0.367. The summed E-state index contributed by atoms with van der Waals surface area (Å²) in [6.45, 7) is 1.34. The van der Waals surface area contributed by atoms with E-state index in [1.807, 2.05) is 6.07 Å². The van der Waals surface area contributed by atoms with Crippen molar-refractivity contribution in [3.8, 4) is 28.5 Å². The van der Waals surface area contributed by atoms with Gasteiger partial charge in [-0.25, -0.2) is 9.37 Å². The average Bonchev–Trinajstić information content (AvgIpc) is 2.88. The number of nitrogens with one attached hydrogen (secondary N) is 2. The number of nitrogens with zero attached hydrogens (tertiary/aromatic N) is 1. The predicted molar refractivity (Wildman–Crippen MR) is 135 cm³/mol. The highest BCUT2D eigenvalue weighted by Gasteiger charge is 2.19. The Morgan fingerprint density at radius 2 is 1.56 bits per heavy atom. The zero-order valence-electron chi connectivity index (χ0n) is 20.1. The lowest BCUT2D eigenvalue weighted by molar-refractivity contribution is -0.114. The molecule has 0 bridgehead atoms. The summed E-state index contributed by atoms with van der Waals surface area (Å²) in [6, 6.07) is 16.2. The number of carbonyl (C=O) groups is 2. The third-order valence-electron chi connectivity index (χ3n) is 5.46. The largest absolute Gasteiger partial charge is 0.493 e. The van der Waals surface area contributed by atoms with E-state index in [0.29, 0.717) is 45.1 Å². The van der Waals surface area contributed by atoms with Crippen LogP contribution in [0.25, 0.3) is 22.2 Å². The minimum Gasteiger partial charge on any atom is -0.493 e. The van der Waals surface area contributed by atoms with Crippen LogP contribution in [0.1, 0.15) is 17.3 Å². The Morgan fingerprint density at radius 3 is 2.19 bits per heavy atom. The highest BCUT2D eigenvalue weighted by atomic mass is 19.1. The number of rotatable bonds is 7. The predicted octanol–water partition coefficient (Wildman–Crippen LogP) is 5.28. The number of methoxy groups -OCH3 is 3. The van der Waals surface area contributed by atoms with Crippen LogP contribution in [0, 0.1) is 5.82 Å². The summed E-state index contributed by atoms with van der Waals surface area (Å²) in [6.07, 6.45) is 0. The molecule has 3 aromatic carbocycles. The second-order valence-corrected chi connectivity index (χ2v) is 7.82. The lowest BCUT2D eigenvalue weighted by Crippen LogP contribution is -2.15. The van der Waals surface area contributed by atoms with Crippen molar-refractivity contribution >= 4 is 34.1 Å². The van der Waals surface area contributed by atoms with E-state index in [4.69, 9.17) is 19.2 Å². The van der Waals surface area contributed by atoms with Gasteiger partial charge in [0.1, 0.15) is 5.82 Å². The zero-order chi connectivity index (χ0) is 25.8. The SMILES string of the molecule is COc1cc(-c2cc(C(=O)Nc3cc(NC(C)=O)ccc3F)c3ccccc3n2)cc(OC)c1OC. The number of hydrogen-bond acceptors (Lipinski definition) is 6. The molecule has 0 aliphatic rings. The van der Waals surface area contributed by atoms with Crippen LogP contribution >= 0.6 is 0 Å². The molecule has 0 saturated heterocycles. The average molecular weight is 490 g/mol. The molecule has 184 valence electrons. The number of hydrogen-bond donors (Lipinski definition) is 2. The number of halogens is 1. The molecule has 0 aliphatic carbocycles. The third-order valence-corrected chi connectivity index (χ3v) is 5.46. The Labute approximate surface area is 207 Å². The van der Waals surface area contributed by atoms with E-state index >= 15 is 0 Å². The minimum absolute atomic E-state index is 0.0681. The van der Waals surface area contributed by atoms with Gasteiger partial charge in [-0.1, -0.05) is 18.2 Å². The first-order valence-electron chi connectivity index (χ1n) is 10.9. The molecule has 0 atom stereocenters. The summed E-state index contributed by atoms with van der Waals surface area (Å²) in [5, 5.41) is 5.78. The molecule has 0 unspecified atom stereocenters. The molecule has 0 radical (unpaired) electrons. The van der Waals surface area contributed by atoms with Crippen molar-refractivity contribution in [3.05, 3.63) is 72.0 Å². The molecule has 8 nitrogen and oxygen atoms in total. The van der Waals surface area contributed by atoms with Crippen LogP contribution in [0.4, 0.5) is 15.8 Å². The molecule has 1 heterocycles. The van der Waals surface area contributed by atoms with Crippen LogP contribution in [0.5, 0.6) is 17.2 Å². The number of fused-ring (bicyclic) bond motifs is 1. The molecule has 4 rings (SSSR count). The van der Waals surface area contributed by atoms with E-state index in [1.165, 1.54) is 46.5 Å². The lowest BCUT2D eigenvalue weighted by Gasteiger charge is -2.15. The monoisotopic (exact) mass is 489 g/mol. The van der Waals surface area contributed by atoms with E-state index in [-0.39, 0.29) is 17.2 Å². The van der Waals surface area contributed by atoms with Gasteiger partial charge in [0.2, 0.25) is 11.7 Å². The van der Waals surface area contributed by atoms with Gasteiger partial charge in [-0.05, 0) is 42.5 Å². The molecule has 2 N–H and O–H groups in total. The Balaban J connectivity index is 1.81. The smallest absolute Gasteiger partial charge is 0.256 e. The molecule has 2 amide bonds. The fraction of sp³-hybridized carbons (Fsp3) is 0.148. The molecule has 0 aliphatic heterocycles. The summed E-state index contributed by atoms with van der Waals surface area (Å²) >= 11 is 0. The number of anilines is 2. The first-order chi connectivity index (χ1) is 17.3. The topological polar surface area (TPSA) is 98.8 Å². The molecule has 4 aromatic rings. The zero-order valence-corrected chi connectivity index (χ0v) is 20.1. The van der Waals surface area contributed by atoms with Crippen LogP contribution < -0.4 is 24.8 Å². The molecule has 0 fully saturated rings. The first kappa shape index (κ1) is 24.5. The number of pyridine rings is 1. The Hall–Kier alpha value is -4.66. The second-order valence-electron chi connectivity index (χ2n) is 7.82. The summed E-state index contributed by atoms with van der Waals surface area (Å²) < 4.78 is 30.8. The normalized spacial score (nSPS) is 10.6. The van der Waals surface area contributed by atoms with Crippen molar-refractivity contribution in [2.45, 2.75) is 6.92 Å². The summed E-state index contributed by atoms with van der Waals surface area (Å²) in [4.78, 5) is 29.5. The van der Waals surface area contributed by atoms with Gasteiger partial charge in [-0.15, -0.1) is 0 Å². The van der Waals surface area contributed by atoms with Gasteiger partial charge in [0.05, 0.1) is 43.8 Å². The molecular formula is C27H24FN3O5. The number of ether oxygens (including phenoxy) is 3. The van der Waals surface area contributed by atoms with Crippen LogP contribution in [0.2, 0.25) is 0 Å². The van der Waals surface area contributed by atoms with E-state index in [0.717, 1.165) is 0 Å². The highest BCUT2D eigenvalue weighted by Crippen LogP contribution is 2.41. The van der Waals surface area contributed by atoms with E-state index in [1.54, 1.807) is 36.4 Å². The Bertz CT molecular complexity index is 1450. The van der Waals surface area contributed by atoms with Gasteiger partial charge in [0.25, 0.3) is 5.91 Å². The molecule has 0 saturated carbocycles. The van der Waals surface area contributed by atoms with Gasteiger partial charge in [0, 0.05) is 23.6 Å². The molecule has 36 heavy (non-hydrogen) atoms. The summed E-state index contributed by atoms with van der Waals surface area (Å²) in [5.74, 6) is -0.192. The lowest BCUT2D eigenvalue weighted by atomic mass is 10.0. The first-order valence-corrected chi connectivity index (χ1v) is 10.9. The standard InChI is InChI=1S/C27H24FN3O5/c1-15(32)29-17-9-10-20(28)23(13-17)31-27(33)19-14-22(30-21-8-6-5-7-18(19)21)16-11-24(34-2)26(36-4)25(12-16)35-3/h5-14H,1-4H3,(H,29,32)(H,31,33). The molecular weight excluding hydrogens is 465 g/mol. The maximum absolute atomic E-state index is 14.5. The molecule has 0 spiro atoms. The maximum Gasteiger partial charge on any atom is 0.256 e. The number of amides is 2. The minimum atomic E-state index is -0.638. The van der Waals surface area contributed by atoms with Crippen LogP contribution in [-0.2, 0) is 4.79 Å². The third kappa shape index (κ3) is 4.90. The Kier molecular flexibility index (Phi) is 7.00. The number of para-hydroxylation sites is 1. The fourth-order valence-corrected chi connectivity index (χ4v) is 3.83. The number of aromatic nitrogens is 1. The van der Waals surface area contributed by atoms with Crippen LogP contribution in [-0.4, -0.2) is 38.1 Å². The van der Waals surface area contributed by atoms with E-state index in [2.05, 4.69) is 10.6 Å². The van der Waals surface area contributed by atoms with Crippen LogP contribution in [0.3, 0.4) is 0 Å². The number of carbonyl (C=O) groups excluding carboxylic acids is 2. The van der Waals surface area contributed by atoms with Crippen molar-refractivity contribution < 1.29 is 28.2 Å². The Morgan fingerprint density at radius 1 is 0.861 bits per heavy atom. The second kappa shape index (κ2) is 10.3. The van der Waals surface area contributed by atoms with E-state index in [9.17, 15) is 14.0 Å². The van der Waals surface area contributed by atoms with Gasteiger partial charge in [-0.2, -0.15) is 0 Å². The van der Waals surface area contributed by atoms with Crippen molar-refractivity contribution in [2.24, 2.45) is 0 Å². The fourth-order valence-electron chi connectivity index (χ4n) is 3.83. The highest BCUT2D eigenvalue weighted by molar-refractivity contribution is 6.13. The summed E-state index contributed by atoms with van der Waals surface area (Å²) in [7, 11) is 4.53. The molecule has 9 heteroatoms. The van der Waals surface area contributed by atoms with E-state index < -0.39 is 11.7 Å². The van der Waals surface area contributed by atoms with Crippen molar-refractivity contribution in [1.82, 2.24) is 4.98 Å². The molecule has 1 aromatic heterocycles. The van der Waals surface area contributed by atoms with Gasteiger partial charge in [-0.3, -0.25) is 9.59 Å². The van der Waals surface area contributed by atoms with Gasteiger partial charge >= 0.3 is 0 Å². The van der Waals surface area contributed by atoms with Crippen LogP contribution in [0.15, 0.2) is 60.7 Å². The number of benzene rings is 3. The maximum atomic E-state index is 14.5. The van der Waals surface area contributed by atoms with Crippen molar-refractivity contribution in [1.29, 1.82) is 0 Å². The van der Waals surface area contributed by atoms with Gasteiger partial charge < -0.3 is 24.8 Å².